The Hall–Kier alpha value is -3.48. The van der Waals surface area contributed by atoms with E-state index in [1.165, 1.54) is 29.3 Å². The second kappa shape index (κ2) is 9.88. The topological polar surface area (TPSA) is 75.8 Å². The Morgan fingerprint density at radius 1 is 1.00 bits per heavy atom. The van der Waals surface area contributed by atoms with E-state index in [0.29, 0.717) is 21.5 Å². The average Bonchev–Trinajstić information content (AvgIpc) is 3.25. The molecule has 3 aromatic rings. The van der Waals surface area contributed by atoms with Gasteiger partial charge in [-0.05, 0) is 77.9 Å². The normalized spacial score (nSPS) is 22.3. The van der Waals surface area contributed by atoms with Gasteiger partial charge < -0.3 is 0 Å². The van der Waals surface area contributed by atoms with Crippen LogP contribution in [-0.2, 0) is 0 Å². The second-order valence-corrected chi connectivity index (χ2v) is 10.2. The van der Waals surface area contributed by atoms with Crippen LogP contribution in [0.15, 0.2) is 83.5 Å². The van der Waals surface area contributed by atoms with Gasteiger partial charge in [0.05, 0.1) is 16.7 Å². The monoisotopic (exact) mass is 519 g/mol. The van der Waals surface area contributed by atoms with Gasteiger partial charge in [-0.15, -0.1) is 0 Å². The molecule has 0 saturated heterocycles. The molecule has 8 heteroatoms. The summed E-state index contributed by atoms with van der Waals surface area (Å²) in [6, 6.07) is 20.5. The quantitative estimate of drug-likeness (QED) is 0.263. The van der Waals surface area contributed by atoms with Crippen molar-refractivity contribution in [1.82, 2.24) is 5.01 Å². The van der Waals surface area contributed by atoms with Crippen LogP contribution in [0.1, 0.15) is 47.3 Å². The lowest BCUT2D eigenvalue weighted by atomic mass is 9.73. The standard InChI is InChI=1S/C28H23Cl2N3O3/c1-17-14-21(16-18-2-8-22(29)9-3-18)26-25(15-17)27(19-4-10-23(30)11-5-19)32(31-26)28(34)20-6-12-24(13-7-20)33(35)36/h2-13,16-17,25,27H,14-15H2,1H3/b21-16+/t17-,25-,27+/m1/s1. The van der Waals surface area contributed by atoms with Crippen molar-refractivity contribution >= 4 is 46.6 Å². The van der Waals surface area contributed by atoms with Gasteiger partial charge in [0, 0.05) is 33.7 Å². The molecule has 2 aliphatic rings. The molecule has 3 atom stereocenters. The molecular formula is C28H23Cl2N3O3. The number of rotatable bonds is 4. The third-order valence-corrected chi connectivity index (χ3v) is 7.22. The first-order valence-corrected chi connectivity index (χ1v) is 12.4. The Kier molecular flexibility index (Phi) is 6.65. The molecule has 0 unspecified atom stereocenters. The second-order valence-electron chi connectivity index (χ2n) is 9.31. The van der Waals surface area contributed by atoms with Crippen LogP contribution in [0.3, 0.4) is 0 Å². The summed E-state index contributed by atoms with van der Waals surface area (Å²) in [5.74, 6) is 0.109. The number of benzene rings is 3. The summed E-state index contributed by atoms with van der Waals surface area (Å²) < 4.78 is 0. The van der Waals surface area contributed by atoms with Gasteiger partial charge in [-0.25, -0.2) is 5.01 Å². The third-order valence-electron chi connectivity index (χ3n) is 6.72. The van der Waals surface area contributed by atoms with Crippen molar-refractivity contribution in [1.29, 1.82) is 0 Å². The number of nitro groups is 1. The fraction of sp³-hybridized carbons (Fsp3) is 0.214. The van der Waals surface area contributed by atoms with Gasteiger partial charge in [-0.2, -0.15) is 5.10 Å². The van der Waals surface area contributed by atoms with E-state index in [9.17, 15) is 14.9 Å². The molecule has 1 saturated carbocycles. The van der Waals surface area contributed by atoms with Crippen LogP contribution in [0.2, 0.25) is 10.0 Å². The van der Waals surface area contributed by atoms with E-state index in [1.807, 2.05) is 48.5 Å². The van der Waals surface area contributed by atoms with E-state index in [0.717, 1.165) is 35.3 Å². The molecule has 1 amide bonds. The van der Waals surface area contributed by atoms with Gasteiger partial charge in [-0.1, -0.05) is 54.4 Å². The first-order chi connectivity index (χ1) is 17.3. The number of hydrogen-bond donors (Lipinski definition) is 0. The highest BCUT2D eigenvalue weighted by Gasteiger charge is 2.45. The Balaban J connectivity index is 1.58. The van der Waals surface area contributed by atoms with Gasteiger partial charge in [0.25, 0.3) is 11.6 Å². The Morgan fingerprint density at radius 3 is 2.22 bits per heavy atom. The summed E-state index contributed by atoms with van der Waals surface area (Å²) in [5.41, 5.74) is 4.24. The maximum atomic E-state index is 13.7. The predicted molar refractivity (Wildman–Crippen MR) is 142 cm³/mol. The molecule has 1 aliphatic carbocycles. The van der Waals surface area contributed by atoms with Gasteiger partial charge >= 0.3 is 0 Å². The lowest BCUT2D eigenvalue weighted by molar-refractivity contribution is -0.384. The van der Waals surface area contributed by atoms with Crippen molar-refractivity contribution in [3.63, 3.8) is 0 Å². The Labute approximate surface area is 219 Å². The fourth-order valence-corrected chi connectivity index (χ4v) is 5.32. The summed E-state index contributed by atoms with van der Waals surface area (Å²) in [4.78, 5) is 24.3. The van der Waals surface area contributed by atoms with Gasteiger partial charge in [0.15, 0.2) is 0 Å². The number of carbonyl (C=O) groups excluding carboxylic acids is 1. The average molecular weight is 520 g/mol. The number of hydrazone groups is 1. The SMILES string of the molecule is C[C@@H]1C/C(=C\c2ccc(Cl)cc2)C2=NN(C(=O)c3ccc([N+](=O)[O-])cc3)[C@@H](c3ccc(Cl)cc3)[C@@H]2C1. The Bertz CT molecular complexity index is 1370. The fourth-order valence-electron chi connectivity index (χ4n) is 5.07. The lowest BCUT2D eigenvalue weighted by Crippen LogP contribution is -2.33. The van der Waals surface area contributed by atoms with Crippen molar-refractivity contribution < 1.29 is 9.72 Å². The third kappa shape index (κ3) is 4.79. The van der Waals surface area contributed by atoms with Crippen LogP contribution >= 0.6 is 23.2 Å². The summed E-state index contributed by atoms with van der Waals surface area (Å²) in [7, 11) is 0. The summed E-state index contributed by atoms with van der Waals surface area (Å²) >= 11 is 12.2. The molecule has 0 N–H and O–H groups in total. The molecule has 0 radical (unpaired) electrons. The molecule has 182 valence electrons. The van der Waals surface area contributed by atoms with Crippen LogP contribution < -0.4 is 0 Å². The number of nitrogens with zero attached hydrogens (tertiary/aromatic N) is 3. The molecule has 1 heterocycles. The van der Waals surface area contributed by atoms with Gasteiger partial charge in [0.2, 0.25) is 0 Å². The number of hydrogen-bond acceptors (Lipinski definition) is 4. The minimum atomic E-state index is -0.482. The largest absolute Gasteiger partial charge is 0.274 e. The maximum Gasteiger partial charge on any atom is 0.274 e. The van der Waals surface area contributed by atoms with E-state index in [-0.39, 0.29) is 23.6 Å². The predicted octanol–water partition coefficient (Wildman–Crippen LogP) is 7.58. The number of nitro benzene ring substituents is 1. The molecule has 0 spiro atoms. The lowest BCUT2D eigenvalue weighted by Gasteiger charge is -2.32. The number of halogens is 2. The summed E-state index contributed by atoms with van der Waals surface area (Å²) in [6.45, 7) is 2.21. The van der Waals surface area contributed by atoms with Gasteiger partial charge in [-0.3, -0.25) is 14.9 Å². The van der Waals surface area contributed by atoms with Crippen molar-refractivity contribution in [2.24, 2.45) is 16.9 Å². The van der Waals surface area contributed by atoms with Crippen molar-refractivity contribution in [2.75, 3.05) is 0 Å². The number of allylic oxidation sites excluding steroid dienone is 1. The molecule has 36 heavy (non-hydrogen) atoms. The van der Waals surface area contributed by atoms with Crippen LogP contribution in [0.5, 0.6) is 0 Å². The van der Waals surface area contributed by atoms with E-state index in [2.05, 4.69) is 13.0 Å². The van der Waals surface area contributed by atoms with E-state index >= 15 is 0 Å². The van der Waals surface area contributed by atoms with Crippen LogP contribution in [-0.4, -0.2) is 21.6 Å². The minimum absolute atomic E-state index is 0.00970. The Morgan fingerprint density at radius 2 is 1.61 bits per heavy atom. The molecule has 0 bridgehead atoms. The van der Waals surface area contributed by atoms with Crippen molar-refractivity contribution in [3.05, 3.63) is 115 Å². The zero-order valence-electron chi connectivity index (χ0n) is 19.5. The minimum Gasteiger partial charge on any atom is -0.267 e. The molecule has 3 aromatic carbocycles. The molecule has 6 nitrogen and oxygen atoms in total. The van der Waals surface area contributed by atoms with E-state index < -0.39 is 4.92 Å². The van der Waals surface area contributed by atoms with Crippen LogP contribution in [0.4, 0.5) is 5.69 Å². The van der Waals surface area contributed by atoms with Crippen LogP contribution in [0.25, 0.3) is 6.08 Å². The van der Waals surface area contributed by atoms with E-state index in [1.54, 1.807) is 0 Å². The molecule has 1 aliphatic heterocycles. The van der Waals surface area contributed by atoms with E-state index in [4.69, 9.17) is 28.3 Å². The summed E-state index contributed by atoms with van der Waals surface area (Å²) in [5, 5.41) is 18.8. The van der Waals surface area contributed by atoms with Crippen molar-refractivity contribution in [3.8, 4) is 0 Å². The maximum absolute atomic E-state index is 13.7. The number of non-ortho nitro benzene ring substituents is 1. The molecule has 1 fully saturated rings. The first kappa shape index (κ1) is 24.2. The molecule has 0 aromatic heterocycles. The van der Waals surface area contributed by atoms with Crippen molar-refractivity contribution in [2.45, 2.75) is 25.8 Å². The number of amides is 1. The number of carbonyl (C=O) groups is 1. The zero-order valence-corrected chi connectivity index (χ0v) is 21.0. The molecule has 5 rings (SSSR count). The highest BCUT2D eigenvalue weighted by atomic mass is 35.5. The highest BCUT2D eigenvalue weighted by molar-refractivity contribution is 6.30. The highest BCUT2D eigenvalue weighted by Crippen LogP contribution is 2.46. The summed E-state index contributed by atoms with van der Waals surface area (Å²) in [6.07, 6.45) is 3.86. The smallest absolute Gasteiger partial charge is 0.267 e. The van der Waals surface area contributed by atoms with Crippen LogP contribution in [0, 0.1) is 22.0 Å². The zero-order chi connectivity index (χ0) is 25.4. The molecular weight excluding hydrogens is 497 g/mol. The first-order valence-electron chi connectivity index (χ1n) is 11.7. The van der Waals surface area contributed by atoms with Gasteiger partial charge in [0.1, 0.15) is 0 Å². The number of fused-ring (bicyclic) bond motifs is 1.